The molecular weight excluding hydrogens is 496 g/mol. The Kier molecular flexibility index (Phi) is 7.93. The van der Waals surface area contributed by atoms with Crippen LogP contribution in [-0.2, 0) is 21.4 Å². The molecule has 4 rings (SSSR count). The lowest BCUT2D eigenvalue weighted by atomic mass is 10.2. The Morgan fingerprint density at radius 2 is 1.53 bits per heavy atom. The summed E-state index contributed by atoms with van der Waals surface area (Å²) >= 11 is 6.08. The maximum absolute atomic E-state index is 13.5. The van der Waals surface area contributed by atoms with Crippen molar-refractivity contribution >= 4 is 38.9 Å². The largest absolute Gasteiger partial charge is 0.489 e. The van der Waals surface area contributed by atoms with Gasteiger partial charge in [-0.25, -0.2) is 8.42 Å². The first-order chi connectivity index (χ1) is 17.3. The first-order valence-electron chi connectivity index (χ1n) is 11.2. The highest BCUT2D eigenvalue weighted by Gasteiger charge is 2.28. The summed E-state index contributed by atoms with van der Waals surface area (Å²) < 4.78 is 33.9. The molecule has 1 N–H and O–H groups in total. The molecule has 8 heteroatoms. The molecule has 0 atom stereocenters. The Morgan fingerprint density at radius 1 is 0.889 bits per heavy atom. The van der Waals surface area contributed by atoms with Crippen molar-refractivity contribution in [2.75, 3.05) is 16.2 Å². The van der Waals surface area contributed by atoms with Crippen molar-refractivity contribution in [3.05, 3.63) is 119 Å². The number of nitrogens with one attached hydrogen (secondary N) is 1. The van der Waals surface area contributed by atoms with E-state index in [1.165, 1.54) is 12.1 Å². The Morgan fingerprint density at radius 3 is 2.17 bits per heavy atom. The molecular formula is C28H25ClN2O4S. The molecule has 4 aromatic carbocycles. The summed E-state index contributed by atoms with van der Waals surface area (Å²) in [5.41, 5.74) is 2.59. The van der Waals surface area contributed by atoms with Crippen molar-refractivity contribution in [3.8, 4) is 5.75 Å². The number of amides is 1. The summed E-state index contributed by atoms with van der Waals surface area (Å²) in [6.45, 7) is 1.77. The lowest BCUT2D eigenvalue weighted by molar-refractivity contribution is -0.114. The summed E-state index contributed by atoms with van der Waals surface area (Å²) in [6, 6.07) is 29.6. The molecule has 0 aliphatic heterocycles. The fraction of sp³-hybridized carbons (Fsp3) is 0.107. The number of hydrogen-bond donors (Lipinski definition) is 1. The highest BCUT2D eigenvalue weighted by molar-refractivity contribution is 7.92. The van der Waals surface area contributed by atoms with Crippen LogP contribution in [0.15, 0.2) is 108 Å². The van der Waals surface area contributed by atoms with Gasteiger partial charge in [0.25, 0.3) is 10.0 Å². The number of rotatable bonds is 9. The van der Waals surface area contributed by atoms with E-state index in [2.05, 4.69) is 5.32 Å². The van der Waals surface area contributed by atoms with Crippen molar-refractivity contribution in [2.45, 2.75) is 18.4 Å². The van der Waals surface area contributed by atoms with Crippen LogP contribution in [0.2, 0.25) is 5.02 Å². The smallest absolute Gasteiger partial charge is 0.264 e. The standard InChI is InChI=1S/C28H25ClN2O4S/c1-21-18-23(29)12-17-27(21)31(36(33,34)26-10-6-3-7-11-26)19-28(32)30-24-13-15-25(16-14-24)35-20-22-8-4-2-5-9-22/h2-18H,19-20H2,1H3,(H,30,32). The first kappa shape index (κ1) is 25.3. The summed E-state index contributed by atoms with van der Waals surface area (Å²) in [4.78, 5) is 13.1. The summed E-state index contributed by atoms with van der Waals surface area (Å²) in [5, 5.41) is 3.25. The predicted molar refractivity (Wildman–Crippen MR) is 143 cm³/mol. The van der Waals surface area contributed by atoms with Crippen molar-refractivity contribution in [1.82, 2.24) is 0 Å². The molecule has 4 aromatic rings. The molecule has 0 spiro atoms. The number of ether oxygens (including phenoxy) is 1. The number of aryl methyl sites for hydroxylation is 1. The highest BCUT2D eigenvalue weighted by atomic mass is 35.5. The van der Waals surface area contributed by atoms with Crippen LogP contribution >= 0.6 is 11.6 Å². The van der Waals surface area contributed by atoms with E-state index >= 15 is 0 Å². The Labute approximate surface area is 216 Å². The normalized spacial score (nSPS) is 11.1. The van der Waals surface area contributed by atoms with Crippen LogP contribution < -0.4 is 14.4 Å². The molecule has 1 amide bonds. The molecule has 0 saturated heterocycles. The second kappa shape index (κ2) is 11.3. The van der Waals surface area contributed by atoms with Gasteiger partial charge < -0.3 is 10.1 Å². The Hall–Kier alpha value is -3.81. The quantitative estimate of drug-likeness (QED) is 0.291. The number of nitrogens with zero attached hydrogens (tertiary/aromatic N) is 1. The minimum atomic E-state index is -4.01. The number of halogens is 1. The third kappa shape index (κ3) is 6.24. The number of carbonyl (C=O) groups excluding carboxylic acids is 1. The van der Waals surface area contributed by atoms with Crippen LogP contribution in [-0.4, -0.2) is 20.9 Å². The molecule has 0 unspecified atom stereocenters. The van der Waals surface area contributed by atoms with Gasteiger partial charge in [0.15, 0.2) is 0 Å². The van der Waals surface area contributed by atoms with E-state index in [1.54, 1.807) is 67.6 Å². The third-order valence-electron chi connectivity index (χ3n) is 5.43. The second-order valence-corrected chi connectivity index (χ2v) is 10.4. The van der Waals surface area contributed by atoms with Crippen LogP contribution in [0.1, 0.15) is 11.1 Å². The minimum absolute atomic E-state index is 0.0899. The number of hydrogen-bond acceptors (Lipinski definition) is 4. The van der Waals surface area contributed by atoms with Crippen LogP contribution in [0.5, 0.6) is 5.75 Å². The fourth-order valence-electron chi connectivity index (χ4n) is 3.62. The van der Waals surface area contributed by atoms with E-state index in [0.29, 0.717) is 34.3 Å². The summed E-state index contributed by atoms with van der Waals surface area (Å²) in [7, 11) is -4.01. The van der Waals surface area contributed by atoms with Crippen molar-refractivity contribution in [3.63, 3.8) is 0 Å². The molecule has 0 saturated carbocycles. The maximum Gasteiger partial charge on any atom is 0.264 e. The number of benzene rings is 4. The molecule has 0 fully saturated rings. The molecule has 0 aliphatic rings. The summed E-state index contributed by atoms with van der Waals surface area (Å²) in [5.74, 6) is 0.170. The van der Waals surface area contributed by atoms with Gasteiger partial charge in [-0.2, -0.15) is 0 Å². The van der Waals surface area contributed by atoms with Crippen LogP contribution in [0, 0.1) is 6.92 Å². The topological polar surface area (TPSA) is 75.7 Å². The zero-order valence-electron chi connectivity index (χ0n) is 19.6. The number of anilines is 2. The van der Waals surface area contributed by atoms with Crippen LogP contribution in [0.4, 0.5) is 11.4 Å². The maximum atomic E-state index is 13.5. The second-order valence-electron chi connectivity index (χ2n) is 8.10. The van der Waals surface area contributed by atoms with Gasteiger partial charge in [0.1, 0.15) is 18.9 Å². The van der Waals surface area contributed by atoms with E-state index < -0.39 is 22.5 Å². The fourth-order valence-corrected chi connectivity index (χ4v) is 5.36. The van der Waals surface area contributed by atoms with E-state index in [9.17, 15) is 13.2 Å². The molecule has 184 valence electrons. The average molecular weight is 521 g/mol. The highest BCUT2D eigenvalue weighted by Crippen LogP contribution is 2.29. The Bertz CT molecular complexity index is 1430. The monoisotopic (exact) mass is 520 g/mol. The molecule has 0 aliphatic carbocycles. The first-order valence-corrected chi connectivity index (χ1v) is 13.1. The Balaban J connectivity index is 1.50. The molecule has 0 heterocycles. The van der Waals surface area contributed by atoms with Gasteiger partial charge in [-0.3, -0.25) is 9.10 Å². The van der Waals surface area contributed by atoms with Crippen LogP contribution in [0.3, 0.4) is 0 Å². The van der Waals surface area contributed by atoms with Crippen molar-refractivity contribution in [2.24, 2.45) is 0 Å². The number of sulfonamides is 1. The van der Waals surface area contributed by atoms with Gasteiger partial charge in [-0.15, -0.1) is 0 Å². The molecule has 36 heavy (non-hydrogen) atoms. The van der Waals surface area contributed by atoms with Crippen LogP contribution in [0.25, 0.3) is 0 Å². The van der Waals surface area contributed by atoms with Gasteiger partial charge in [0, 0.05) is 10.7 Å². The minimum Gasteiger partial charge on any atom is -0.489 e. The van der Waals surface area contributed by atoms with E-state index in [-0.39, 0.29) is 4.90 Å². The molecule has 0 bridgehead atoms. The lowest BCUT2D eigenvalue weighted by Crippen LogP contribution is -2.38. The zero-order valence-corrected chi connectivity index (χ0v) is 21.2. The average Bonchev–Trinajstić information content (AvgIpc) is 2.88. The SMILES string of the molecule is Cc1cc(Cl)ccc1N(CC(=O)Nc1ccc(OCc2ccccc2)cc1)S(=O)(=O)c1ccccc1. The lowest BCUT2D eigenvalue weighted by Gasteiger charge is -2.25. The van der Waals surface area contributed by atoms with E-state index in [0.717, 1.165) is 9.87 Å². The van der Waals surface area contributed by atoms with Gasteiger partial charge in [-0.1, -0.05) is 60.1 Å². The predicted octanol–water partition coefficient (Wildman–Crippen LogP) is 6.06. The summed E-state index contributed by atoms with van der Waals surface area (Å²) in [6.07, 6.45) is 0. The third-order valence-corrected chi connectivity index (χ3v) is 7.44. The zero-order chi connectivity index (χ0) is 25.5. The molecule has 6 nitrogen and oxygen atoms in total. The van der Waals surface area contributed by atoms with Crippen molar-refractivity contribution < 1.29 is 17.9 Å². The van der Waals surface area contributed by atoms with E-state index in [1.807, 2.05) is 30.3 Å². The molecule has 0 aromatic heterocycles. The van der Waals surface area contributed by atoms with Gasteiger partial charge in [0.05, 0.1) is 10.6 Å². The van der Waals surface area contributed by atoms with Crippen molar-refractivity contribution in [1.29, 1.82) is 0 Å². The van der Waals surface area contributed by atoms with Gasteiger partial charge in [0.2, 0.25) is 5.91 Å². The van der Waals surface area contributed by atoms with Gasteiger partial charge in [-0.05, 0) is 72.6 Å². The van der Waals surface area contributed by atoms with E-state index in [4.69, 9.17) is 16.3 Å². The number of carbonyl (C=O) groups is 1. The van der Waals surface area contributed by atoms with Gasteiger partial charge >= 0.3 is 0 Å². The molecule has 0 radical (unpaired) electrons.